The van der Waals surface area contributed by atoms with Crippen LogP contribution in [0, 0.1) is 5.41 Å². The van der Waals surface area contributed by atoms with Crippen LogP contribution in [-0.2, 0) is 37.1 Å². The summed E-state index contributed by atoms with van der Waals surface area (Å²) in [6.07, 6.45) is 12.7. The van der Waals surface area contributed by atoms with E-state index in [0.29, 0.717) is 31.4 Å². The van der Waals surface area contributed by atoms with Crippen molar-refractivity contribution in [2.45, 2.75) is 119 Å². The normalized spacial score (nSPS) is 20.7. The van der Waals surface area contributed by atoms with Crippen LogP contribution < -0.4 is 26.6 Å². The largest absolute Gasteiger partial charge is 0.355 e. The monoisotopic (exact) mass is 892 g/mol. The molecule has 6 heterocycles. The second-order valence-corrected chi connectivity index (χ2v) is 19.7. The van der Waals surface area contributed by atoms with E-state index in [2.05, 4.69) is 42.6 Å². The average molecular weight is 893 g/mol. The number of nitrogens with one attached hydrogen (secondary N) is 3. The molecule has 340 valence electrons. The minimum atomic E-state index is -0.679. The number of nitrogens with two attached hydrogens (primary N) is 1. The Labute approximate surface area is 378 Å². The lowest BCUT2D eigenvalue weighted by atomic mass is 9.77. The van der Waals surface area contributed by atoms with E-state index >= 15 is 0 Å². The number of rotatable bonds is 16. The fourth-order valence-corrected chi connectivity index (χ4v) is 10.4. The van der Waals surface area contributed by atoms with Crippen molar-refractivity contribution in [3.8, 4) is 0 Å². The Balaban J connectivity index is 0.683. The third-order valence-corrected chi connectivity index (χ3v) is 14.5. The summed E-state index contributed by atoms with van der Waals surface area (Å²) >= 11 is 1.52. The molecular formula is C47H60N10O6S. The maximum atomic E-state index is 13.1. The molecular weight excluding hydrogens is 833 g/mol. The summed E-state index contributed by atoms with van der Waals surface area (Å²) in [4.78, 5) is 94.0. The van der Waals surface area contributed by atoms with Gasteiger partial charge in [-0.25, -0.2) is 9.97 Å². The SMILES string of the molecule is CC1(N)CCN(c2cnc(Sc3cccc(NC(=O)CCCCCCN4CCC5(CC4)CC(=O)N(CC(=O)NCc4ccc6c(c4)CN(C4CCC(=O)NC4=O)C6=O)C5)c3)cn2)CC1. The second-order valence-electron chi connectivity index (χ2n) is 18.6. The van der Waals surface area contributed by atoms with Gasteiger partial charge in [-0.1, -0.05) is 42.8 Å². The number of piperidine rings is 3. The topological polar surface area (TPSA) is 203 Å². The third kappa shape index (κ3) is 11.3. The molecule has 1 spiro atoms. The highest BCUT2D eigenvalue weighted by Crippen LogP contribution is 2.41. The predicted molar refractivity (Wildman–Crippen MR) is 242 cm³/mol. The summed E-state index contributed by atoms with van der Waals surface area (Å²) in [6.45, 7) is 7.84. The Bertz CT molecular complexity index is 2240. The van der Waals surface area contributed by atoms with E-state index in [4.69, 9.17) is 5.73 Å². The summed E-state index contributed by atoms with van der Waals surface area (Å²) in [5, 5.41) is 9.11. The van der Waals surface area contributed by atoms with Crippen LogP contribution in [0.3, 0.4) is 0 Å². The Kier molecular flexibility index (Phi) is 14.0. The molecule has 6 amide bonds. The third-order valence-electron chi connectivity index (χ3n) is 13.5. The molecule has 64 heavy (non-hydrogen) atoms. The van der Waals surface area contributed by atoms with Gasteiger partial charge >= 0.3 is 0 Å². The number of hydrogen-bond donors (Lipinski definition) is 4. The van der Waals surface area contributed by atoms with E-state index in [-0.39, 0.29) is 66.5 Å². The molecule has 1 unspecified atom stereocenters. The maximum Gasteiger partial charge on any atom is 0.255 e. The maximum absolute atomic E-state index is 13.1. The van der Waals surface area contributed by atoms with Gasteiger partial charge in [-0.2, -0.15) is 0 Å². The van der Waals surface area contributed by atoms with Crippen LogP contribution in [0.2, 0.25) is 0 Å². The number of carbonyl (C=O) groups excluding carboxylic acids is 6. The van der Waals surface area contributed by atoms with Crippen LogP contribution in [0.25, 0.3) is 0 Å². The van der Waals surface area contributed by atoms with E-state index in [1.54, 1.807) is 23.2 Å². The number of amides is 6. The molecule has 0 saturated carbocycles. The molecule has 16 nitrogen and oxygen atoms in total. The summed E-state index contributed by atoms with van der Waals surface area (Å²) < 4.78 is 0. The number of benzene rings is 2. The van der Waals surface area contributed by atoms with Crippen LogP contribution >= 0.6 is 11.8 Å². The number of carbonyl (C=O) groups is 6. The van der Waals surface area contributed by atoms with E-state index in [1.165, 1.54) is 16.7 Å². The summed E-state index contributed by atoms with van der Waals surface area (Å²) in [7, 11) is 0. The number of unbranched alkanes of at least 4 members (excludes halogenated alkanes) is 3. The van der Waals surface area contributed by atoms with Gasteiger partial charge in [0.15, 0.2) is 0 Å². The van der Waals surface area contributed by atoms with Gasteiger partial charge in [0, 0.05) is 73.7 Å². The van der Waals surface area contributed by atoms with Gasteiger partial charge in [-0.05, 0) is 112 Å². The van der Waals surface area contributed by atoms with Crippen molar-refractivity contribution in [2.24, 2.45) is 11.1 Å². The van der Waals surface area contributed by atoms with Crippen LogP contribution in [0.5, 0.6) is 0 Å². The first-order chi connectivity index (χ1) is 30.8. The molecule has 0 radical (unpaired) electrons. The lowest BCUT2D eigenvalue weighted by Crippen LogP contribution is -2.52. The lowest BCUT2D eigenvalue weighted by Gasteiger charge is -2.38. The number of nitrogens with zero attached hydrogens (tertiary/aromatic N) is 6. The van der Waals surface area contributed by atoms with Gasteiger partial charge < -0.3 is 36.0 Å². The van der Waals surface area contributed by atoms with E-state index < -0.39 is 11.9 Å². The summed E-state index contributed by atoms with van der Waals surface area (Å²) in [5.74, 6) is -0.334. The van der Waals surface area contributed by atoms with Crippen molar-refractivity contribution >= 4 is 58.7 Å². The highest BCUT2D eigenvalue weighted by Gasteiger charge is 2.45. The molecule has 3 aromatic rings. The van der Waals surface area contributed by atoms with Crippen LogP contribution in [-0.4, -0.2) is 118 Å². The molecule has 2 aromatic carbocycles. The van der Waals surface area contributed by atoms with Crippen LogP contribution in [0.15, 0.2) is 64.8 Å². The summed E-state index contributed by atoms with van der Waals surface area (Å²) in [5.41, 5.74) is 8.96. The predicted octanol–water partition coefficient (Wildman–Crippen LogP) is 4.23. The van der Waals surface area contributed by atoms with Gasteiger partial charge in [-0.15, -0.1) is 0 Å². The molecule has 4 fully saturated rings. The fraction of sp³-hybridized carbons (Fsp3) is 0.532. The number of hydrogen-bond acceptors (Lipinski definition) is 12. The van der Waals surface area contributed by atoms with Gasteiger partial charge in [-0.3, -0.25) is 34.1 Å². The first kappa shape index (κ1) is 45.2. The first-order valence-corrected chi connectivity index (χ1v) is 23.6. The zero-order valence-electron chi connectivity index (χ0n) is 36.7. The van der Waals surface area contributed by atoms with Crippen molar-refractivity contribution in [1.29, 1.82) is 0 Å². The van der Waals surface area contributed by atoms with Crippen LogP contribution in [0.4, 0.5) is 11.5 Å². The molecule has 1 aromatic heterocycles. The molecule has 4 saturated heterocycles. The van der Waals surface area contributed by atoms with Gasteiger partial charge in [0.05, 0.1) is 18.9 Å². The van der Waals surface area contributed by atoms with E-state index in [9.17, 15) is 28.8 Å². The zero-order chi connectivity index (χ0) is 44.8. The average Bonchev–Trinajstić information content (AvgIpc) is 3.75. The molecule has 5 N–H and O–H groups in total. The van der Waals surface area contributed by atoms with Crippen molar-refractivity contribution in [2.75, 3.05) is 56.0 Å². The minimum absolute atomic E-state index is 0.0137. The Morgan fingerprint density at radius 1 is 0.922 bits per heavy atom. The highest BCUT2D eigenvalue weighted by molar-refractivity contribution is 7.99. The molecule has 17 heteroatoms. The quantitative estimate of drug-likeness (QED) is 0.118. The minimum Gasteiger partial charge on any atom is -0.355 e. The number of imide groups is 1. The zero-order valence-corrected chi connectivity index (χ0v) is 37.6. The molecule has 1 atom stereocenters. The molecule has 5 aliphatic heterocycles. The number of likely N-dealkylation sites (tertiary alicyclic amines) is 2. The Morgan fingerprint density at radius 2 is 1.72 bits per heavy atom. The van der Waals surface area contributed by atoms with E-state index in [0.717, 1.165) is 117 Å². The van der Waals surface area contributed by atoms with E-state index in [1.807, 2.05) is 36.5 Å². The first-order valence-electron chi connectivity index (χ1n) is 22.8. The fourth-order valence-electron chi connectivity index (χ4n) is 9.61. The van der Waals surface area contributed by atoms with Crippen LogP contribution in [0.1, 0.15) is 105 Å². The number of aromatic nitrogens is 2. The molecule has 0 aliphatic carbocycles. The van der Waals surface area contributed by atoms with Crippen molar-refractivity contribution in [1.82, 2.24) is 35.3 Å². The smallest absolute Gasteiger partial charge is 0.255 e. The molecule has 0 bridgehead atoms. The summed E-state index contributed by atoms with van der Waals surface area (Å²) in [6, 6.07) is 12.5. The van der Waals surface area contributed by atoms with Gasteiger partial charge in [0.2, 0.25) is 29.5 Å². The standard InChI is InChI=1S/C47H60N10O6S/c1-46(48)14-21-55(22-15-46)38-27-51-42(28-49-38)64-35-8-6-7-34(24-35)52-39(58)9-4-2-3-5-18-54-19-16-47(17-20-54)25-43(61)56(31-47)30-41(60)50-26-32-10-11-36-33(23-32)29-57(45(36)63)37-12-13-40(59)53-44(37)62/h6-8,10-11,23-24,27-28,37H,2-5,9,12-22,25-26,29-31,48H2,1H3,(H,50,60)(H,52,58)(H,53,59,62). The van der Waals surface area contributed by atoms with Crippen molar-refractivity contribution < 1.29 is 28.8 Å². The molecule has 5 aliphatic rings. The van der Waals surface area contributed by atoms with Gasteiger partial charge in [0.1, 0.15) is 16.9 Å². The number of fused-ring (bicyclic) bond motifs is 1. The highest BCUT2D eigenvalue weighted by atomic mass is 32.2. The van der Waals surface area contributed by atoms with Crippen molar-refractivity contribution in [3.63, 3.8) is 0 Å². The lowest BCUT2D eigenvalue weighted by molar-refractivity contribution is -0.137. The van der Waals surface area contributed by atoms with Crippen molar-refractivity contribution in [3.05, 3.63) is 71.5 Å². The molecule has 8 rings (SSSR count). The number of anilines is 2. The Morgan fingerprint density at radius 3 is 2.48 bits per heavy atom. The second kappa shape index (κ2) is 19.8. The van der Waals surface area contributed by atoms with Gasteiger partial charge in [0.25, 0.3) is 5.91 Å². The Hall–Kier alpha value is -5.39.